The van der Waals surface area contributed by atoms with Gasteiger partial charge in [-0.2, -0.15) is 4.80 Å². The summed E-state index contributed by atoms with van der Waals surface area (Å²) >= 11 is 0. The lowest BCUT2D eigenvalue weighted by atomic mass is 10.2. The summed E-state index contributed by atoms with van der Waals surface area (Å²) in [5.74, 6) is 0.176. The van der Waals surface area contributed by atoms with Gasteiger partial charge in [0.15, 0.2) is 0 Å². The molecule has 1 aliphatic rings. The minimum atomic E-state index is -0.293. The molecular formula is C18H18FN5. The van der Waals surface area contributed by atoms with E-state index in [9.17, 15) is 4.39 Å². The second-order valence-corrected chi connectivity index (χ2v) is 6.11. The van der Waals surface area contributed by atoms with Crippen LogP contribution in [0.1, 0.15) is 18.0 Å². The van der Waals surface area contributed by atoms with Gasteiger partial charge in [0, 0.05) is 25.2 Å². The number of nitrogens with zero attached hydrogens (tertiary/aromatic N) is 5. The Hall–Kier alpha value is -2.60. The summed E-state index contributed by atoms with van der Waals surface area (Å²) in [6, 6.07) is 16.9. The lowest BCUT2D eigenvalue weighted by molar-refractivity contribution is 0.303. The fourth-order valence-corrected chi connectivity index (χ4v) is 3.11. The van der Waals surface area contributed by atoms with Crippen LogP contribution in [0.3, 0.4) is 0 Å². The molecule has 0 radical (unpaired) electrons. The number of hydrogen-bond acceptors (Lipinski definition) is 4. The first-order chi connectivity index (χ1) is 11.8. The fourth-order valence-electron chi connectivity index (χ4n) is 3.11. The van der Waals surface area contributed by atoms with Gasteiger partial charge in [-0.05, 0) is 29.3 Å². The highest BCUT2D eigenvalue weighted by molar-refractivity contribution is 5.53. The number of hydrogen-bond donors (Lipinski definition) is 0. The van der Waals surface area contributed by atoms with Crippen LogP contribution in [0.25, 0.3) is 11.4 Å². The van der Waals surface area contributed by atoms with Crippen molar-refractivity contribution in [3.63, 3.8) is 0 Å². The van der Waals surface area contributed by atoms with Crippen LogP contribution in [-0.4, -0.2) is 38.2 Å². The molecule has 4 rings (SSSR count). The maximum atomic E-state index is 13.3. The molecule has 2 heterocycles. The second kappa shape index (κ2) is 6.49. The van der Waals surface area contributed by atoms with Gasteiger partial charge in [-0.25, -0.2) is 4.39 Å². The number of benzene rings is 2. The van der Waals surface area contributed by atoms with Crippen molar-refractivity contribution in [3.05, 3.63) is 66.0 Å². The van der Waals surface area contributed by atoms with E-state index >= 15 is 0 Å². The smallest absolute Gasteiger partial charge is 0.205 e. The van der Waals surface area contributed by atoms with E-state index < -0.39 is 0 Å². The maximum Gasteiger partial charge on any atom is 0.205 e. The summed E-state index contributed by atoms with van der Waals surface area (Å²) in [6.45, 7) is 2.84. The molecule has 122 valence electrons. The fraction of sp³-hybridized carbons (Fsp3) is 0.278. The third-order valence-electron chi connectivity index (χ3n) is 4.33. The average molecular weight is 323 g/mol. The van der Waals surface area contributed by atoms with Crippen LogP contribution in [0.15, 0.2) is 54.6 Å². The Labute approximate surface area is 139 Å². The Balaban J connectivity index is 1.44. The van der Waals surface area contributed by atoms with Gasteiger partial charge in [0.2, 0.25) is 5.82 Å². The van der Waals surface area contributed by atoms with Crippen molar-refractivity contribution in [2.75, 3.05) is 13.1 Å². The van der Waals surface area contributed by atoms with E-state index in [0.717, 1.165) is 26.1 Å². The molecule has 1 aliphatic heterocycles. The summed E-state index contributed by atoms with van der Waals surface area (Å²) < 4.78 is 13.3. The number of tetrazole rings is 1. The Morgan fingerprint density at radius 3 is 2.79 bits per heavy atom. The molecule has 24 heavy (non-hydrogen) atoms. The highest BCUT2D eigenvalue weighted by atomic mass is 19.1. The molecule has 1 atom stereocenters. The molecule has 3 aromatic rings. The maximum absolute atomic E-state index is 13.3. The second-order valence-electron chi connectivity index (χ2n) is 6.11. The van der Waals surface area contributed by atoms with E-state index in [2.05, 4.69) is 44.6 Å². The molecule has 0 spiro atoms. The van der Waals surface area contributed by atoms with E-state index in [-0.39, 0.29) is 11.9 Å². The van der Waals surface area contributed by atoms with Crippen LogP contribution in [0, 0.1) is 5.82 Å². The molecule has 2 aromatic carbocycles. The quantitative estimate of drug-likeness (QED) is 0.741. The molecule has 1 fully saturated rings. The molecule has 0 aliphatic carbocycles. The Kier molecular flexibility index (Phi) is 4.04. The van der Waals surface area contributed by atoms with Crippen LogP contribution >= 0.6 is 0 Å². The van der Waals surface area contributed by atoms with Gasteiger partial charge in [-0.3, -0.25) is 4.90 Å². The van der Waals surface area contributed by atoms with Crippen LogP contribution in [-0.2, 0) is 6.54 Å². The number of halogens is 1. The summed E-state index contributed by atoms with van der Waals surface area (Å²) in [5, 5.41) is 12.7. The Bertz CT molecular complexity index is 817. The third-order valence-corrected chi connectivity index (χ3v) is 4.33. The van der Waals surface area contributed by atoms with Crippen LogP contribution in [0.4, 0.5) is 4.39 Å². The first-order valence-corrected chi connectivity index (χ1v) is 8.10. The van der Waals surface area contributed by atoms with Crippen molar-refractivity contribution in [3.8, 4) is 11.4 Å². The van der Waals surface area contributed by atoms with Crippen molar-refractivity contribution in [1.82, 2.24) is 25.1 Å². The molecule has 1 aromatic heterocycles. The monoisotopic (exact) mass is 323 g/mol. The average Bonchev–Trinajstić information content (AvgIpc) is 3.25. The molecular weight excluding hydrogens is 305 g/mol. The SMILES string of the molecule is Fc1cccc(-c2nnn(C3CCN(Cc4ccccc4)C3)n2)c1. The lowest BCUT2D eigenvalue weighted by Gasteiger charge is -2.15. The van der Waals surface area contributed by atoms with E-state index in [1.165, 1.54) is 17.7 Å². The zero-order chi connectivity index (χ0) is 16.4. The molecule has 0 bridgehead atoms. The van der Waals surface area contributed by atoms with Crippen molar-refractivity contribution in [1.29, 1.82) is 0 Å². The van der Waals surface area contributed by atoms with E-state index in [1.54, 1.807) is 16.9 Å². The Morgan fingerprint density at radius 2 is 1.96 bits per heavy atom. The van der Waals surface area contributed by atoms with Gasteiger partial charge in [-0.15, -0.1) is 10.2 Å². The van der Waals surface area contributed by atoms with Crippen LogP contribution in [0.5, 0.6) is 0 Å². The van der Waals surface area contributed by atoms with E-state index in [0.29, 0.717) is 11.4 Å². The van der Waals surface area contributed by atoms with Gasteiger partial charge < -0.3 is 0 Å². The predicted octanol–water partition coefficient (Wildman–Crippen LogP) is 2.93. The first kappa shape index (κ1) is 15.0. The lowest BCUT2D eigenvalue weighted by Crippen LogP contribution is -2.22. The largest absolute Gasteiger partial charge is 0.297 e. The summed E-state index contributed by atoms with van der Waals surface area (Å²) in [6.07, 6.45) is 0.992. The minimum Gasteiger partial charge on any atom is -0.297 e. The van der Waals surface area contributed by atoms with Gasteiger partial charge in [0.05, 0.1) is 6.04 Å². The van der Waals surface area contributed by atoms with Crippen molar-refractivity contribution < 1.29 is 4.39 Å². The summed E-state index contributed by atoms with van der Waals surface area (Å²) in [4.78, 5) is 4.07. The number of rotatable bonds is 4. The molecule has 5 nitrogen and oxygen atoms in total. The molecule has 6 heteroatoms. The first-order valence-electron chi connectivity index (χ1n) is 8.10. The van der Waals surface area contributed by atoms with Gasteiger partial charge in [0.25, 0.3) is 0 Å². The molecule has 0 amide bonds. The van der Waals surface area contributed by atoms with Gasteiger partial charge in [-0.1, -0.05) is 42.5 Å². The molecule has 1 unspecified atom stereocenters. The standard InChI is InChI=1S/C18H18FN5/c19-16-8-4-7-15(11-16)18-20-22-24(21-18)17-9-10-23(13-17)12-14-5-2-1-3-6-14/h1-8,11,17H,9-10,12-13H2. The zero-order valence-corrected chi connectivity index (χ0v) is 13.2. The van der Waals surface area contributed by atoms with E-state index in [4.69, 9.17) is 0 Å². The third kappa shape index (κ3) is 3.19. The molecule has 0 N–H and O–H groups in total. The molecule has 0 saturated carbocycles. The van der Waals surface area contributed by atoms with Gasteiger partial charge >= 0.3 is 0 Å². The Morgan fingerprint density at radius 1 is 1.08 bits per heavy atom. The number of aromatic nitrogens is 4. The van der Waals surface area contributed by atoms with E-state index in [1.807, 2.05) is 6.07 Å². The van der Waals surface area contributed by atoms with Crippen LogP contribution < -0.4 is 0 Å². The van der Waals surface area contributed by atoms with Gasteiger partial charge in [0.1, 0.15) is 5.82 Å². The number of likely N-dealkylation sites (tertiary alicyclic amines) is 1. The normalized spacial score (nSPS) is 18.1. The minimum absolute atomic E-state index is 0.212. The van der Waals surface area contributed by atoms with Crippen molar-refractivity contribution in [2.24, 2.45) is 0 Å². The highest BCUT2D eigenvalue weighted by Gasteiger charge is 2.26. The van der Waals surface area contributed by atoms with Crippen molar-refractivity contribution in [2.45, 2.75) is 19.0 Å². The molecule has 1 saturated heterocycles. The zero-order valence-electron chi connectivity index (χ0n) is 13.2. The predicted molar refractivity (Wildman–Crippen MR) is 88.6 cm³/mol. The summed E-state index contributed by atoms with van der Waals surface area (Å²) in [7, 11) is 0. The van der Waals surface area contributed by atoms with Crippen molar-refractivity contribution >= 4 is 0 Å². The highest BCUT2D eigenvalue weighted by Crippen LogP contribution is 2.23. The van der Waals surface area contributed by atoms with Crippen LogP contribution in [0.2, 0.25) is 0 Å². The summed E-state index contributed by atoms with van der Waals surface area (Å²) in [5.41, 5.74) is 1.96. The topological polar surface area (TPSA) is 46.8 Å².